The van der Waals surface area contributed by atoms with E-state index in [1.807, 2.05) is 48.5 Å². The third-order valence-corrected chi connectivity index (χ3v) is 8.65. The molecule has 0 saturated carbocycles. The molecule has 41 heavy (non-hydrogen) atoms. The van der Waals surface area contributed by atoms with Gasteiger partial charge in [0.15, 0.2) is 6.29 Å². The Bertz CT molecular complexity index is 1520. The molecule has 1 saturated heterocycles. The van der Waals surface area contributed by atoms with E-state index in [0.29, 0.717) is 22.0 Å². The zero-order valence-electron chi connectivity index (χ0n) is 22.6. The van der Waals surface area contributed by atoms with Crippen LogP contribution in [0.2, 0.25) is 0 Å². The maximum Gasteiger partial charge on any atom is 0.261 e. The molecule has 0 bridgehead atoms. The van der Waals surface area contributed by atoms with E-state index in [9.17, 15) is 14.7 Å². The first-order valence-corrected chi connectivity index (χ1v) is 14.3. The minimum Gasteiger partial charge on any atom is -0.392 e. The van der Waals surface area contributed by atoms with Crippen LogP contribution >= 0.6 is 11.8 Å². The number of thioether (sulfide) groups is 1. The molecule has 1 N–H and O–H groups in total. The number of carbonyl (C=O) groups is 2. The summed E-state index contributed by atoms with van der Waals surface area (Å²) in [6.45, 7) is 2.26. The molecule has 1 aromatic heterocycles. The second kappa shape index (κ2) is 11.5. The topological polar surface area (TPSA) is 120 Å². The first kappa shape index (κ1) is 27.3. The number of aliphatic hydroxyl groups is 1. The standard InChI is InChI=1S/C30H29N5O5S/c1-18-25(17-41-30-31-32-33-34(30)2)39-29(40-26(18)21-11-9-20(16-36)10-12-21)22-13-7-19(8-14-22)15-35-27(37)23-5-3-4-6-24(23)28(35)38/h3-14,18,25-26,29,36H,15-17H2,1-2H3. The lowest BCUT2D eigenvalue weighted by Crippen LogP contribution is -2.38. The summed E-state index contributed by atoms with van der Waals surface area (Å²) in [5.74, 6) is 0.0819. The monoisotopic (exact) mass is 571 g/mol. The van der Waals surface area contributed by atoms with Crippen molar-refractivity contribution in [2.75, 3.05) is 5.75 Å². The predicted octanol–water partition coefficient (Wildman–Crippen LogP) is 4.08. The van der Waals surface area contributed by atoms with Crippen molar-refractivity contribution in [3.8, 4) is 0 Å². The lowest BCUT2D eigenvalue weighted by molar-refractivity contribution is -0.268. The van der Waals surface area contributed by atoms with Crippen LogP contribution in [-0.4, -0.2) is 53.9 Å². The Balaban J connectivity index is 1.21. The summed E-state index contributed by atoms with van der Waals surface area (Å²) in [5, 5.41) is 21.9. The SMILES string of the molecule is CC1C(CSc2nnnn2C)OC(c2ccc(CN3C(=O)c4ccccc4C3=O)cc2)OC1c1ccc(CO)cc1. The average Bonchev–Trinajstić information content (AvgIpc) is 3.53. The normalized spacial score (nSPS) is 22.3. The molecule has 0 spiro atoms. The fourth-order valence-corrected chi connectivity index (χ4v) is 6.17. The number of fused-ring (bicyclic) bond motifs is 1. The molecule has 4 unspecified atom stereocenters. The summed E-state index contributed by atoms with van der Waals surface area (Å²) in [6, 6.07) is 22.3. The van der Waals surface area contributed by atoms with Gasteiger partial charge in [0.2, 0.25) is 5.16 Å². The van der Waals surface area contributed by atoms with Crippen LogP contribution in [0.3, 0.4) is 0 Å². The second-order valence-corrected chi connectivity index (χ2v) is 11.2. The maximum atomic E-state index is 12.8. The number of hydrogen-bond acceptors (Lipinski definition) is 9. The zero-order chi connectivity index (χ0) is 28.5. The van der Waals surface area contributed by atoms with Crippen molar-refractivity contribution < 1.29 is 24.2 Å². The van der Waals surface area contributed by atoms with Gasteiger partial charge < -0.3 is 14.6 Å². The van der Waals surface area contributed by atoms with Crippen LogP contribution < -0.4 is 0 Å². The van der Waals surface area contributed by atoms with E-state index in [4.69, 9.17) is 9.47 Å². The number of nitrogens with zero attached hydrogens (tertiary/aromatic N) is 5. The van der Waals surface area contributed by atoms with Gasteiger partial charge in [0.1, 0.15) is 0 Å². The molecule has 210 valence electrons. The number of carbonyl (C=O) groups excluding carboxylic acids is 2. The van der Waals surface area contributed by atoms with Gasteiger partial charge in [0, 0.05) is 24.3 Å². The Labute approximate surface area is 241 Å². The molecule has 3 heterocycles. The van der Waals surface area contributed by atoms with Crippen LogP contribution in [0.15, 0.2) is 78.0 Å². The largest absolute Gasteiger partial charge is 0.392 e. The molecule has 11 heteroatoms. The van der Waals surface area contributed by atoms with Gasteiger partial charge in [-0.1, -0.05) is 79.3 Å². The molecule has 1 fully saturated rings. The van der Waals surface area contributed by atoms with Crippen LogP contribution in [0.4, 0.5) is 0 Å². The molecular weight excluding hydrogens is 542 g/mol. The van der Waals surface area contributed by atoms with Crippen LogP contribution in [-0.2, 0) is 29.7 Å². The number of ether oxygens (including phenoxy) is 2. The number of benzene rings is 3. The van der Waals surface area contributed by atoms with Crippen molar-refractivity contribution in [2.45, 2.75) is 43.7 Å². The molecule has 4 atom stereocenters. The molecule has 10 nitrogen and oxygen atoms in total. The number of hydrogen-bond donors (Lipinski definition) is 1. The zero-order valence-corrected chi connectivity index (χ0v) is 23.4. The van der Waals surface area contributed by atoms with Gasteiger partial charge in [0.25, 0.3) is 11.8 Å². The van der Waals surface area contributed by atoms with Crippen molar-refractivity contribution in [1.29, 1.82) is 0 Å². The van der Waals surface area contributed by atoms with Gasteiger partial charge in [-0.25, -0.2) is 4.68 Å². The minimum absolute atomic E-state index is 0.0213. The number of imide groups is 1. The maximum absolute atomic E-state index is 12.8. The lowest BCUT2D eigenvalue weighted by Gasteiger charge is -2.41. The molecule has 3 aromatic carbocycles. The first-order valence-electron chi connectivity index (χ1n) is 13.3. The van der Waals surface area contributed by atoms with Gasteiger partial charge in [-0.05, 0) is 39.2 Å². The number of amides is 2. The summed E-state index contributed by atoms with van der Waals surface area (Å²) >= 11 is 1.52. The van der Waals surface area contributed by atoms with Crippen LogP contribution in [0, 0.1) is 5.92 Å². The summed E-state index contributed by atoms with van der Waals surface area (Å²) in [7, 11) is 1.80. The van der Waals surface area contributed by atoms with Crippen molar-refractivity contribution in [3.63, 3.8) is 0 Å². The van der Waals surface area contributed by atoms with E-state index >= 15 is 0 Å². The Morgan fingerprint density at radius 3 is 2.12 bits per heavy atom. The molecule has 2 aliphatic rings. The Kier molecular flexibility index (Phi) is 7.67. The highest BCUT2D eigenvalue weighted by Crippen LogP contribution is 2.43. The average molecular weight is 572 g/mol. The quantitative estimate of drug-likeness (QED) is 0.246. The summed E-state index contributed by atoms with van der Waals surface area (Å²) in [5.41, 5.74) is 4.36. The van der Waals surface area contributed by atoms with Crippen LogP contribution in [0.25, 0.3) is 0 Å². The molecule has 2 aliphatic heterocycles. The van der Waals surface area contributed by atoms with Gasteiger partial charge in [0.05, 0.1) is 36.5 Å². The molecule has 0 radical (unpaired) electrons. The second-order valence-electron chi connectivity index (χ2n) is 10.2. The number of aliphatic hydroxyl groups excluding tert-OH is 1. The highest BCUT2D eigenvalue weighted by Gasteiger charge is 2.39. The summed E-state index contributed by atoms with van der Waals surface area (Å²) in [6.07, 6.45) is -1.05. The van der Waals surface area contributed by atoms with Gasteiger partial charge in [-0.15, -0.1) is 5.10 Å². The van der Waals surface area contributed by atoms with Crippen molar-refractivity contribution in [1.82, 2.24) is 25.1 Å². The lowest BCUT2D eigenvalue weighted by atomic mass is 9.91. The Morgan fingerprint density at radius 2 is 1.51 bits per heavy atom. The number of tetrazole rings is 1. The molecule has 6 rings (SSSR count). The first-order chi connectivity index (χ1) is 19.9. The van der Waals surface area contributed by atoms with E-state index in [-0.39, 0.29) is 43.1 Å². The van der Waals surface area contributed by atoms with E-state index in [2.05, 4.69) is 22.4 Å². The predicted molar refractivity (Wildman–Crippen MR) is 150 cm³/mol. The molecule has 0 aliphatic carbocycles. The van der Waals surface area contributed by atoms with Crippen molar-refractivity contribution >= 4 is 23.6 Å². The number of aryl methyl sites for hydroxylation is 1. The highest BCUT2D eigenvalue weighted by atomic mass is 32.2. The molecule has 4 aromatic rings. The van der Waals surface area contributed by atoms with Gasteiger partial charge >= 0.3 is 0 Å². The Morgan fingerprint density at radius 1 is 0.878 bits per heavy atom. The smallest absolute Gasteiger partial charge is 0.261 e. The Hall–Kier alpha value is -3.90. The van der Waals surface area contributed by atoms with E-state index in [1.165, 1.54) is 16.7 Å². The van der Waals surface area contributed by atoms with Gasteiger partial charge in [-0.2, -0.15) is 0 Å². The number of aromatic nitrogens is 4. The van der Waals surface area contributed by atoms with Crippen molar-refractivity contribution in [3.05, 3.63) is 106 Å². The summed E-state index contributed by atoms with van der Waals surface area (Å²) < 4.78 is 14.6. The summed E-state index contributed by atoms with van der Waals surface area (Å²) in [4.78, 5) is 26.9. The fourth-order valence-electron chi connectivity index (χ4n) is 5.16. The van der Waals surface area contributed by atoms with Crippen LogP contribution in [0.1, 0.15) is 62.3 Å². The molecule has 2 amide bonds. The minimum atomic E-state index is -0.634. The third-order valence-electron chi connectivity index (χ3n) is 7.55. The highest BCUT2D eigenvalue weighted by molar-refractivity contribution is 7.99. The van der Waals surface area contributed by atoms with E-state index < -0.39 is 6.29 Å². The van der Waals surface area contributed by atoms with Crippen molar-refractivity contribution in [2.24, 2.45) is 13.0 Å². The van der Waals surface area contributed by atoms with E-state index in [1.54, 1.807) is 36.0 Å². The van der Waals surface area contributed by atoms with Crippen LogP contribution in [0.5, 0.6) is 0 Å². The number of rotatable bonds is 8. The van der Waals surface area contributed by atoms with Gasteiger partial charge in [-0.3, -0.25) is 14.5 Å². The third kappa shape index (κ3) is 5.41. The fraction of sp³-hybridized carbons (Fsp3) is 0.300. The van der Waals surface area contributed by atoms with E-state index in [0.717, 1.165) is 22.3 Å². The molecular formula is C30H29N5O5S.